The number of aromatic nitrogens is 4. The summed E-state index contributed by atoms with van der Waals surface area (Å²) in [4.78, 5) is 22.4. The molecule has 1 amide bonds. The third-order valence-corrected chi connectivity index (χ3v) is 4.79. The molecule has 0 fully saturated rings. The molecule has 0 aliphatic carbocycles. The summed E-state index contributed by atoms with van der Waals surface area (Å²) < 4.78 is 6.74. The number of benzene rings is 1. The van der Waals surface area contributed by atoms with Crippen molar-refractivity contribution >= 4 is 28.0 Å². The normalized spacial score (nSPS) is 10.8. The first-order valence-electron chi connectivity index (χ1n) is 7.87. The summed E-state index contributed by atoms with van der Waals surface area (Å²) in [6.45, 7) is 1.98. The molecule has 0 radical (unpaired) electrons. The number of aryl methyl sites for hydroxylation is 1. The van der Waals surface area contributed by atoms with Gasteiger partial charge in [-0.3, -0.25) is 10.1 Å². The van der Waals surface area contributed by atoms with E-state index in [9.17, 15) is 4.79 Å². The first-order chi connectivity index (χ1) is 12.7. The smallest absolute Gasteiger partial charge is 0.262 e. The molecule has 0 bridgehead atoms. The van der Waals surface area contributed by atoms with Crippen LogP contribution in [0.1, 0.15) is 15.2 Å². The van der Waals surface area contributed by atoms with E-state index < -0.39 is 0 Å². The summed E-state index contributed by atoms with van der Waals surface area (Å²) in [6.07, 6.45) is 4.88. The van der Waals surface area contributed by atoms with E-state index in [4.69, 9.17) is 4.74 Å². The Kier molecular flexibility index (Phi) is 4.10. The predicted molar refractivity (Wildman–Crippen MR) is 99.8 cm³/mol. The fraction of sp³-hybridized carbons (Fsp3) is 0.111. The lowest BCUT2D eigenvalue weighted by molar-refractivity contribution is 0.102. The predicted octanol–water partition coefficient (Wildman–Crippen LogP) is 3.42. The van der Waals surface area contributed by atoms with Crippen molar-refractivity contribution in [1.82, 2.24) is 19.6 Å². The quantitative estimate of drug-likeness (QED) is 0.599. The van der Waals surface area contributed by atoms with Crippen LogP contribution in [0.2, 0.25) is 0 Å². The molecule has 1 aromatic carbocycles. The van der Waals surface area contributed by atoms with Crippen molar-refractivity contribution in [3.05, 3.63) is 59.4 Å². The van der Waals surface area contributed by atoms with Gasteiger partial charge in [0.05, 0.1) is 19.0 Å². The molecule has 1 N–H and O–H groups in total. The van der Waals surface area contributed by atoms with E-state index in [0.29, 0.717) is 16.3 Å². The molecule has 3 heterocycles. The van der Waals surface area contributed by atoms with E-state index >= 15 is 0 Å². The third-order valence-electron chi connectivity index (χ3n) is 3.90. The molecule has 4 aromatic rings. The Hall–Kier alpha value is -3.26. The Morgan fingerprint density at radius 2 is 2.08 bits per heavy atom. The zero-order valence-corrected chi connectivity index (χ0v) is 14.9. The van der Waals surface area contributed by atoms with Crippen LogP contribution >= 0.6 is 11.3 Å². The van der Waals surface area contributed by atoms with Crippen molar-refractivity contribution < 1.29 is 9.53 Å². The Balaban J connectivity index is 1.60. The Bertz CT molecular complexity index is 1080. The summed E-state index contributed by atoms with van der Waals surface area (Å²) in [6, 6.07) is 9.42. The maximum absolute atomic E-state index is 12.6. The van der Waals surface area contributed by atoms with Gasteiger partial charge >= 0.3 is 0 Å². The summed E-state index contributed by atoms with van der Waals surface area (Å²) in [5.74, 6) is 0.504. The molecule has 0 aliphatic rings. The highest BCUT2D eigenvalue weighted by Gasteiger charge is 2.17. The molecule has 0 saturated heterocycles. The highest BCUT2D eigenvalue weighted by atomic mass is 32.1. The van der Waals surface area contributed by atoms with Gasteiger partial charge in [-0.05, 0) is 37.3 Å². The lowest BCUT2D eigenvalue weighted by Gasteiger charge is -2.02. The molecule has 130 valence electrons. The number of nitrogens with one attached hydrogen (secondary N) is 1. The van der Waals surface area contributed by atoms with Gasteiger partial charge in [-0.15, -0.1) is 11.3 Å². The van der Waals surface area contributed by atoms with Gasteiger partial charge in [0.15, 0.2) is 10.8 Å². The molecule has 26 heavy (non-hydrogen) atoms. The van der Waals surface area contributed by atoms with E-state index in [2.05, 4.69) is 20.4 Å². The number of methoxy groups -OCH3 is 1. The van der Waals surface area contributed by atoms with E-state index in [0.717, 1.165) is 21.9 Å². The fourth-order valence-corrected chi connectivity index (χ4v) is 3.45. The van der Waals surface area contributed by atoms with Gasteiger partial charge in [0.25, 0.3) is 5.91 Å². The van der Waals surface area contributed by atoms with E-state index in [1.165, 1.54) is 17.5 Å². The molecule has 7 nitrogen and oxygen atoms in total. The largest absolute Gasteiger partial charge is 0.497 e. The summed E-state index contributed by atoms with van der Waals surface area (Å²) in [7, 11) is 1.63. The lowest BCUT2D eigenvalue weighted by atomic mass is 10.1. The maximum atomic E-state index is 12.6. The molecule has 8 heteroatoms. The van der Waals surface area contributed by atoms with Crippen molar-refractivity contribution in [2.75, 3.05) is 12.4 Å². The molecular formula is C18H15N5O2S. The first-order valence-corrected chi connectivity index (χ1v) is 8.69. The minimum atomic E-state index is -0.284. The van der Waals surface area contributed by atoms with Gasteiger partial charge in [0.2, 0.25) is 0 Å². The number of hydrogen-bond acceptors (Lipinski definition) is 6. The number of thiazole rings is 1. The molecule has 0 unspecified atom stereocenters. The number of rotatable bonds is 4. The number of anilines is 1. The fourth-order valence-electron chi connectivity index (χ4n) is 2.62. The Labute approximate surface area is 153 Å². The van der Waals surface area contributed by atoms with Crippen LogP contribution < -0.4 is 10.1 Å². The Morgan fingerprint density at radius 3 is 2.85 bits per heavy atom. The molecule has 0 atom stereocenters. The van der Waals surface area contributed by atoms with E-state index in [1.54, 1.807) is 30.1 Å². The zero-order chi connectivity index (χ0) is 18.1. The molecule has 3 aromatic heterocycles. The van der Waals surface area contributed by atoms with Gasteiger partial charge in [-0.2, -0.15) is 5.10 Å². The summed E-state index contributed by atoms with van der Waals surface area (Å²) >= 11 is 1.43. The van der Waals surface area contributed by atoms with Crippen molar-refractivity contribution in [2.24, 2.45) is 0 Å². The van der Waals surface area contributed by atoms with Crippen molar-refractivity contribution in [2.45, 2.75) is 6.92 Å². The van der Waals surface area contributed by atoms with E-state index in [-0.39, 0.29) is 5.91 Å². The summed E-state index contributed by atoms with van der Waals surface area (Å²) in [5, 5.41) is 7.51. The van der Waals surface area contributed by atoms with Gasteiger partial charge in [-0.1, -0.05) is 0 Å². The number of carbonyl (C=O) groups is 1. The van der Waals surface area contributed by atoms with Gasteiger partial charge in [0.1, 0.15) is 11.3 Å². The topological polar surface area (TPSA) is 81.4 Å². The van der Waals surface area contributed by atoms with Crippen LogP contribution in [0.25, 0.3) is 16.9 Å². The lowest BCUT2D eigenvalue weighted by Crippen LogP contribution is -2.11. The molecule has 4 rings (SSSR count). The number of amides is 1. The minimum absolute atomic E-state index is 0.284. The van der Waals surface area contributed by atoms with Crippen LogP contribution in [0.5, 0.6) is 5.75 Å². The van der Waals surface area contributed by atoms with Gasteiger partial charge < -0.3 is 4.74 Å². The van der Waals surface area contributed by atoms with Crippen LogP contribution in [-0.2, 0) is 0 Å². The third kappa shape index (κ3) is 2.91. The number of fused-ring (bicyclic) bond motifs is 1. The van der Waals surface area contributed by atoms with Crippen LogP contribution in [0.3, 0.4) is 0 Å². The zero-order valence-electron chi connectivity index (χ0n) is 14.1. The van der Waals surface area contributed by atoms with Crippen molar-refractivity contribution in [1.29, 1.82) is 0 Å². The molecule has 0 spiro atoms. The highest BCUT2D eigenvalue weighted by Crippen LogP contribution is 2.31. The van der Waals surface area contributed by atoms with E-state index in [1.807, 2.05) is 31.2 Å². The molecular weight excluding hydrogens is 350 g/mol. The molecule has 0 aliphatic heterocycles. The first kappa shape index (κ1) is 16.2. The average molecular weight is 365 g/mol. The number of nitrogens with zero attached hydrogens (tertiary/aromatic N) is 4. The monoisotopic (exact) mass is 365 g/mol. The SMILES string of the molecule is COc1ccc(-c2nc(NC(=O)c3cnn4cccnc34)sc2C)cc1. The van der Waals surface area contributed by atoms with Gasteiger partial charge in [-0.25, -0.2) is 14.5 Å². The highest BCUT2D eigenvalue weighted by molar-refractivity contribution is 7.16. The number of ether oxygens (including phenoxy) is 1. The maximum Gasteiger partial charge on any atom is 0.262 e. The minimum Gasteiger partial charge on any atom is -0.497 e. The second-order valence-corrected chi connectivity index (χ2v) is 6.76. The number of carbonyl (C=O) groups excluding carboxylic acids is 1. The van der Waals surface area contributed by atoms with Gasteiger partial charge in [0, 0.05) is 22.8 Å². The summed E-state index contributed by atoms with van der Waals surface area (Å²) in [5.41, 5.74) is 2.72. The van der Waals surface area contributed by atoms with Crippen LogP contribution in [0, 0.1) is 6.92 Å². The van der Waals surface area contributed by atoms with Crippen molar-refractivity contribution in [3.63, 3.8) is 0 Å². The average Bonchev–Trinajstić information content (AvgIpc) is 3.25. The van der Waals surface area contributed by atoms with Crippen LogP contribution in [0.15, 0.2) is 48.9 Å². The number of hydrogen-bond donors (Lipinski definition) is 1. The second kappa shape index (κ2) is 6.57. The standard InChI is InChI=1S/C18H15N5O2S/c1-11-15(12-4-6-13(25-2)7-5-12)21-18(26-11)22-17(24)14-10-20-23-9-3-8-19-16(14)23/h3-10H,1-2H3,(H,21,22,24). The van der Waals surface area contributed by atoms with Crippen LogP contribution in [0.4, 0.5) is 5.13 Å². The Morgan fingerprint density at radius 1 is 1.27 bits per heavy atom. The molecule has 0 saturated carbocycles. The van der Waals surface area contributed by atoms with Crippen LogP contribution in [-0.4, -0.2) is 32.6 Å². The van der Waals surface area contributed by atoms with Crippen molar-refractivity contribution in [3.8, 4) is 17.0 Å². The second-order valence-electron chi connectivity index (χ2n) is 5.55.